The van der Waals surface area contributed by atoms with Crippen molar-refractivity contribution >= 4 is 27.1 Å². The minimum Gasteiger partial charge on any atom is -0.333 e. The molecule has 1 fully saturated rings. The average Bonchev–Trinajstić information content (AvgIpc) is 3.29. The zero-order chi connectivity index (χ0) is 20.3. The first-order valence-electron chi connectivity index (χ1n) is 9.88. The van der Waals surface area contributed by atoms with Gasteiger partial charge in [-0.2, -0.15) is 0 Å². The van der Waals surface area contributed by atoms with Crippen LogP contribution in [0.4, 0.5) is 0 Å². The highest BCUT2D eigenvalue weighted by Gasteiger charge is 2.35. The summed E-state index contributed by atoms with van der Waals surface area (Å²) in [5.74, 6) is 0.544. The molecule has 1 aliphatic rings. The van der Waals surface area contributed by atoms with Crippen molar-refractivity contribution in [2.24, 2.45) is 0 Å². The molecule has 1 atom stereocenters. The van der Waals surface area contributed by atoms with Gasteiger partial charge in [-0.3, -0.25) is 4.79 Å². The largest absolute Gasteiger partial charge is 0.333 e. The van der Waals surface area contributed by atoms with Crippen LogP contribution in [0.3, 0.4) is 0 Å². The second-order valence-corrected chi connectivity index (χ2v) is 10.8. The number of benzene rings is 1. The topological polar surface area (TPSA) is 67.3 Å². The van der Waals surface area contributed by atoms with Crippen LogP contribution in [0.25, 0.3) is 10.6 Å². The van der Waals surface area contributed by atoms with Crippen LogP contribution < -0.4 is 0 Å². The molecule has 0 radical (unpaired) electrons. The lowest BCUT2D eigenvalue weighted by Gasteiger charge is -2.27. The minimum atomic E-state index is -3.04. The summed E-state index contributed by atoms with van der Waals surface area (Å²) < 4.78 is 23.8. The third-order valence-electron chi connectivity index (χ3n) is 5.21. The monoisotopic (exact) mass is 420 g/mol. The lowest BCUT2D eigenvalue weighted by molar-refractivity contribution is 0.0689. The number of hydrogen-bond acceptors (Lipinski definition) is 5. The number of thiazole rings is 1. The van der Waals surface area contributed by atoms with Crippen LogP contribution in [-0.2, 0) is 9.84 Å². The van der Waals surface area contributed by atoms with Gasteiger partial charge in [-0.05, 0) is 24.3 Å². The van der Waals surface area contributed by atoms with Crippen LogP contribution in [0.15, 0.2) is 29.6 Å². The molecule has 28 heavy (non-hydrogen) atoms. The molecule has 0 N–H and O–H groups in total. The molecule has 7 heteroatoms. The number of carbonyl (C=O) groups excluding carboxylic acids is 1. The number of aromatic nitrogens is 1. The summed E-state index contributed by atoms with van der Waals surface area (Å²) in [6.45, 7) is 6.95. The molecule has 0 aliphatic carbocycles. The van der Waals surface area contributed by atoms with E-state index in [1.54, 1.807) is 10.3 Å². The van der Waals surface area contributed by atoms with Crippen molar-refractivity contribution in [1.82, 2.24) is 9.88 Å². The van der Waals surface area contributed by atoms with Gasteiger partial charge < -0.3 is 4.90 Å². The highest BCUT2D eigenvalue weighted by atomic mass is 32.2. The first-order valence-corrected chi connectivity index (χ1v) is 12.6. The van der Waals surface area contributed by atoms with Gasteiger partial charge in [0.1, 0.15) is 10.7 Å². The number of rotatable bonds is 7. The van der Waals surface area contributed by atoms with Gasteiger partial charge in [-0.25, -0.2) is 13.4 Å². The second-order valence-electron chi connectivity index (χ2n) is 7.72. The van der Waals surface area contributed by atoms with Gasteiger partial charge in [0.2, 0.25) is 0 Å². The number of amides is 1. The molecule has 0 spiro atoms. The molecule has 2 heterocycles. The summed E-state index contributed by atoms with van der Waals surface area (Å²) in [4.78, 5) is 19.4. The average molecular weight is 421 g/mol. The molecule has 1 aromatic heterocycles. The number of nitrogens with zero attached hydrogens (tertiary/aromatic N) is 2. The predicted molar refractivity (Wildman–Crippen MR) is 115 cm³/mol. The van der Waals surface area contributed by atoms with Crippen molar-refractivity contribution in [2.75, 3.05) is 18.1 Å². The van der Waals surface area contributed by atoms with Crippen LogP contribution in [0.2, 0.25) is 0 Å². The zero-order valence-electron chi connectivity index (χ0n) is 16.7. The van der Waals surface area contributed by atoms with Crippen LogP contribution in [0.5, 0.6) is 0 Å². The predicted octanol–water partition coefficient (Wildman–Crippen LogP) is 4.36. The lowest BCUT2D eigenvalue weighted by Crippen LogP contribution is -2.42. The Morgan fingerprint density at radius 3 is 2.57 bits per heavy atom. The highest BCUT2D eigenvalue weighted by Crippen LogP contribution is 2.27. The van der Waals surface area contributed by atoms with Gasteiger partial charge in [0.25, 0.3) is 5.91 Å². The van der Waals surface area contributed by atoms with E-state index in [2.05, 4.69) is 37.9 Å². The van der Waals surface area contributed by atoms with Crippen molar-refractivity contribution in [1.29, 1.82) is 0 Å². The molecule has 2 aromatic rings. The normalized spacial score (nSPS) is 18.5. The Morgan fingerprint density at radius 1 is 1.29 bits per heavy atom. The Kier molecular flexibility index (Phi) is 6.55. The molecule has 0 bridgehead atoms. The fourth-order valence-electron chi connectivity index (χ4n) is 3.46. The Hall–Kier alpha value is -1.73. The van der Waals surface area contributed by atoms with E-state index in [4.69, 9.17) is 0 Å². The molecule has 3 rings (SSSR count). The van der Waals surface area contributed by atoms with E-state index >= 15 is 0 Å². The molecule has 1 amide bonds. The standard InChI is InChI=1S/C21H28N2O3S2/c1-4-5-11-23(18-10-12-28(25,26)14-18)21(24)19-13-27-20(22-19)17-8-6-16(7-9-17)15(2)3/h6-9,13,15,18H,4-5,10-12,14H2,1-3H3. The van der Waals surface area contributed by atoms with Gasteiger partial charge in [-0.15, -0.1) is 11.3 Å². The molecule has 152 valence electrons. The van der Waals surface area contributed by atoms with Crippen molar-refractivity contribution in [3.8, 4) is 10.6 Å². The second kappa shape index (κ2) is 8.74. The first-order chi connectivity index (χ1) is 13.3. The SMILES string of the molecule is CCCCN(C(=O)c1csc(-c2ccc(C(C)C)cc2)n1)C1CCS(=O)(=O)C1. The Balaban J connectivity index is 1.80. The van der Waals surface area contributed by atoms with Crippen LogP contribution in [0, 0.1) is 0 Å². The molecular weight excluding hydrogens is 392 g/mol. The summed E-state index contributed by atoms with van der Waals surface area (Å²) in [5.41, 5.74) is 2.68. The van der Waals surface area contributed by atoms with E-state index in [1.165, 1.54) is 16.9 Å². The summed E-state index contributed by atoms with van der Waals surface area (Å²) in [6.07, 6.45) is 2.33. The maximum absolute atomic E-state index is 13.1. The molecule has 0 saturated carbocycles. The Labute approximate surface area is 171 Å². The Bertz CT molecular complexity index is 917. The van der Waals surface area contributed by atoms with Crippen molar-refractivity contribution < 1.29 is 13.2 Å². The van der Waals surface area contributed by atoms with Crippen LogP contribution in [-0.4, -0.2) is 48.3 Å². The van der Waals surface area contributed by atoms with E-state index in [9.17, 15) is 13.2 Å². The summed E-state index contributed by atoms with van der Waals surface area (Å²) in [5, 5.41) is 2.60. The number of sulfone groups is 1. The van der Waals surface area contributed by atoms with Crippen molar-refractivity contribution in [3.05, 3.63) is 40.9 Å². The fourth-order valence-corrected chi connectivity index (χ4v) is 5.99. The molecule has 5 nitrogen and oxygen atoms in total. The van der Waals surface area contributed by atoms with Gasteiger partial charge in [0, 0.05) is 23.5 Å². The molecule has 1 aliphatic heterocycles. The molecule has 1 unspecified atom stereocenters. The first kappa shape index (κ1) is 21.0. The maximum Gasteiger partial charge on any atom is 0.273 e. The molecule has 1 aromatic carbocycles. The van der Waals surface area contributed by atoms with E-state index in [0.29, 0.717) is 24.6 Å². The number of unbranched alkanes of at least 4 members (excludes halogenated alkanes) is 1. The Morgan fingerprint density at radius 2 is 2.00 bits per heavy atom. The van der Waals surface area contributed by atoms with Gasteiger partial charge >= 0.3 is 0 Å². The van der Waals surface area contributed by atoms with E-state index in [0.717, 1.165) is 23.4 Å². The maximum atomic E-state index is 13.1. The summed E-state index contributed by atoms with van der Waals surface area (Å²) in [7, 11) is -3.04. The third-order valence-corrected chi connectivity index (χ3v) is 7.85. The van der Waals surface area contributed by atoms with Crippen LogP contribution >= 0.6 is 11.3 Å². The van der Waals surface area contributed by atoms with Gasteiger partial charge in [0.15, 0.2) is 9.84 Å². The fraction of sp³-hybridized carbons (Fsp3) is 0.524. The van der Waals surface area contributed by atoms with E-state index in [1.807, 2.05) is 12.1 Å². The smallest absolute Gasteiger partial charge is 0.273 e. The van der Waals surface area contributed by atoms with Crippen molar-refractivity contribution in [2.45, 2.75) is 52.0 Å². The molecule has 1 saturated heterocycles. The lowest BCUT2D eigenvalue weighted by atomic mass is 10.0. The minimum absolute atomic E-state index is 0.0656. The third kappa shape index (κ3) is 4.81. The number of carbonyl (C=O) groups is 1. The van der Waals surface area contributed by atoms with Gasteiger partial charge in [-0.1, -0.05) is 51.5 Å². The highest BCUT2D eigenvalue weighted by molar-refractivity contribution is 7.91. The molecular formula is C21H28N2O3S2. The van der Waals surface area contributed by atoms with Crippen molar-refractivity contribution in [3.63, 3.8) is 0 Å². The van der Waals surface area contributed by atoms with E-state index < -0.39 is 9.84 Å². The van der Waals surface area contributed by atoms with E-state index in [-0.39, 0.29) is 23.5 Å². The zero-order valence-corrected chi connectivity index (χ0v) is 18.4. The van der Waals surface area contributed by atoms with Crippen LogP contribution in [0.1, 0.15) is 62.0 Å². The quantitative estimate of drug-likeness (QED) is 0.667. The summed E-state index contributed by atoms with van der Waals surface area (Å²) >= 11 is 1.45. The van der Waals surface area contributed by atoms with Gasteiger partial charge in [0.05, 0.1) is 11.5 Å². The summed E-state index contributed by atoms with van der Waals surface area (Å²) in [6, 6.07) is 8.04. The number of hydrogen-bond donors (Lipinski definition) is 0.